The zero-order valence-electron chi connectivity index (χ0n) is 22.6. The molecule has 0 radical (unpaired) electrons. The Hall–Kier alpha value is -3.29. The highest BCUT2D eigenvalue weighted by Gasteiger charge is 2.23. The number of carbonyl (C=O) groups excluding carboxylic acids is 1. The van der Waals surface area contributed by atoms with E-state index in [1.165, 1.54) is 0 Å². The van der Waals surface area contributed by atoms with Gasteiger partial charge in [-0.1, -0.05) is 36.6 Å². The third-order valence-electron chi connectivity index (χ3n) is 6.73. The highest BCUT2D eigenvalue weighted by atomic mass is 35.5. The van der Waals surface area contributed by atoms with Gasteiger partial charge in [0.05, 0.1) is 37.1 Å². The van der Waals surface area contributed by atoms with Crippen LogP contribution in [-0.2, 0) is 0 Å². The molecular formula is C30H36ClN3O4. The molecule has 2 aromatic carbocycles. The molecular weight excluding hydrogens is 502 g/mol. The Kier molecular flexibility index (Phi) is 9.48. The molecule has 1 saturated carbocycles. The van der Waals surface area contributed by atoms with E-state index in [1.807, 2.05) is 50.5 Å². The smallest absolute Gasteiger partial charge is 0.270 e. The number of pyridine rings is 1. The van der Waals surface area contributed by atoms with Crippen molar-refractivity contribution in [3.63, 3.8) is 0 Å². The van der Waals surface area contributed by atoms with Gasteiger partial charge in [-0.2, -0.15) is 0 Å². The summed E-state index contributed by atoms with van der Waals surface area (Å²) in [6, 6.07) is 15.0. The van der Waals surface area contributed by atoms with Crippen LogP contribution in [0.3, 0.4) is 0 Å². The van der Waals surface area contributed by atoms with Crippen LogP contribution in [0.15, 0.2) is 48.5 Å². The highest BCUT2D eigenvalue weighted by Crippen LogP contribution is 2.43. The van der Waals surface area contributed by atoms with Gasteiger partial charge in [-0.05, 0) is 69.8 Å². The molecule has 0 saturated heterocycles. The SMILES string of the molecule is COc1cccc(OC)c1-c1ccc(C(=O)NC2CCCC2)nc1-c1ccc(Cl)c(OCCCN(C)C)c1. The maximum Gasteiger partial charge on any atom is 0.270 e. The van der Waals surface area contributed by atoms with E-state index < -0.39 is 0 Å². The van der Waals surface area contributed by atoms with E-state index in [9.17, 15) is 4.79 Å². The molecule has 8 heteroatoms. The van der Waals surface area contributed by atoms with Gasteiger partial charge in [-0.15, -0.1) is 0 Å². The largest absolute Gasteiger partial charge is 0.496 e. The Morgan fingerprint density at radius 3 is 2.39 bits per heavy atom. The number of nitrogens with zero attached hydrogens (tertiary/aromatic N) is 2. The Bertz CT molecular complexity index is 1240. The number of halogens is 1. The second-order valence-corrected chi connectivity index (χ2v) is 10.1. The van der Waals surface area contributed by atoms with Crippen LogP contribution in [0.4, 0.5) is 0 Å². The van der Waals surface area contributed by atoms with Gasteiger partial charge in [0, 0.05) is 23.7 Å². The molecule has 0 unspecified atom stereocenters. The first-order valence-electron chi connectivity index (χ1n) is 13.0. The van der Waals surface area contributed by atoms with E-state index in [0.717, 1.165) is 55.3 Å². The standard InChI is InChI=1S/C30H36ClN3O4/c1-34(2)17-8-18-38-27-19-20(13-15-23(27)31)29-22(28-25(36-3)11-7-12-26(28)37-4)14-16-24(33-29)30(35)32-21-9-5-6-10-21/h7,11-16,19,21H,5-6,8-10,17-18H2,1-4H3,(H,32,35). The first-order chi connectivity index (χ1) is 18.4. The van der Waals surface area contributed by atoms with Crippen LogP contribution in [0, 0.1) is 0 Å². The molecule has 3 aromatic rings. The first kappa shape index (κ1) is 27.7. The minimum absolute atomic E-state index is 0.175. The lowest BCUT2D eigenvalue weighted by Crippen LogP contribution is -2.33. The number of carbonyl (C=O) groups is 1. The zero-order valence-corrected chi connectivity index (χ0v) is 23.3. The Morgan fingerprint density at radius 2 is 1.74 bits per heavy atom. The number of rotatable bonds is 11. The lowest BCUT2D eigenvalue weighted by atomic mass is 9.96. The van der Waals surface area contributed by atoms with Gasteiger partial charge in [0.25, 0.3) is 5.91 Å². The third-order valence-corrected chi connectivity index (χ3v) is 7.04. The molecule has 1 amide bonds. The molecule has 38 heavy (non-hydrogen) atoms. The number of aromatic nitrogens is 1. The van der Waals surface area contributed by atoms with Crippen molar-refractivity contribution in [2.45, 2.75) is 38.1 Å². The molecule has 0 spiro atoms. The van der Waals surface area contributed by atoms with Crippen LogP contribution in [0.25, 0.3) is 22.4 Å². The normalized spacial score (nSPS) is 13.5. The predicted octanol–water partition coefficient (Wildman–Crippen LogP) is 6.09. The topological polar surface area (TPSA) is 72.9 Å². The molecule has 1 N–H and O–H groups in total. The van der Waals surface area contributed by atoms with Crippen molar-refractivity contribution in [1.29, 1.82) is 0 Å². The molecule has 0 atom stereocenters. The summed E-state index contributed by atoms with van der Waals surface area (Å²) in [6.45, 7) is 1.45. The number of nitrogens with one attached hydrogen (secondary N) is 1. The van der Waals surface area contributed by atoms with Gasteiger partial charge in [-0.25, -0.2) is 4.98 Å². The summed E-state index contributed by atoms with van der Waals surface area (Å²) >= 11 is 6.49. The van der Waals surface area contributed by atoms with E-state index in [2.05, 4.69) is 10.2 Å². The number of hydrogen-bond acceptors (Lipinski definition) is 6. The maximum atomic E-state index is 13.2. The number of amides is 1. The highest BCUT2D eigenvalue weighted by molar-refractivity contribution is 6.32. The van der Waals surface area contributed by atoms with E-state index in [-0.39, 0.29) is 11.9 Å². The van der Waals surface area contributed by atoms with Crippen LogP contribution >= 0.6 is 11.6 Å². The van der Waals surface area contributed by atoms with Crippen molar-refractivity contribution in [2.75, 3.05) is 41.5 Å². The predicted molar refractivity (Wildman–Crippen MR) is 152 cm³/mol. The van der Waals surface area contributed by atoms with Crippen LogP contribution in [0.2, 0.25) is 5.02 Å². The van der Waals surface area contributed by atoms with Crippen LogP contribution < -0.4 is 19.5 Å². The summed E-state index contributed by atoms with van der Waals surface area (Å²) in [5.41, 5.74) is 3.27. The van der Waals surface area contributed by atoms with Crippen molar-refractivity contribution in [1.82, 2.24) is 15.2 Å². The van der Waals surface area contributed by atoms with Crippen molar-refractivity contribution in [2.24, 2.45) is 0 Å². The van der Waals surface area contributed by atoms with Crippen molar-refractivity contribution in [3.05, 3.63) is 59.2 Å². The fourth-order valence-corrected chi connectivity index (χ4v) is 4.95. The quantitative estimate of drug-likeness (QED) is 0.298. The lowest BCUT2D eigenvalue weighted by Gasteiger charge is -2.18. The molecule has 0 bridgehead atoms. The van der Waals surface area contributed by atoms with Gasteiger partial charge in [-0.3, -0.25) is 4.79 Å². The fourth-order valence-electron chi connectivity index (χ4n) is 4.78. The number of ether oxygens (including phenoxy) is 3. The Labute approximate surface area is 230 Å². The van der Waals surface area contributed by atoms with Crippen LogP contribution in [0.5, 0.6) is 17.2 Å². The number of methoxy groups -OCH3 is 2. The second kappa shape index (κ2) is 13.0. The third kappa shape index (κ3) is 6.58. The average Bonchev–Trinajstić information content (AvgIpc) is 3.44. The zero-order chi connectivity index (χ0) is 27.1. The van der Waals surface area contributed by atoms with Crippen LogP contribution in [-0.4, -0.2) is 63.3 Å². The molecule has 1 aliphatic carbocycles. The van der Waals surface area contributed by atoms with Gasteiger partial charge in [0.2, 0.25) is 0 Å². The molecule has 4 rings (SSSR count). The monoisotopic (exact) mass is 537 g/mol. The van der Waals surface area contributed by atoms with Crippen LogP contribution in [0.1, 0.15) is 42.6 Å². The minimum atomic E-state index is -0.175. The first-order valence-corrected chi connectivity index (χ1v) is 13.4. The van der Waals surface area contributed by atoms with E-state index in [4.69, 9.17) is 30.8 Å². The van der Waals surface area contributed by atoms with E-state index in [0.29, 0.717) is 40.3 Å². The van der Waals surface area contributed by atoms with Crippen molar-refractivity contribution < 1.29 is 19.0 Å². The maximum absolute atomic E-state index is 13.2. The molecule has 1 heterocycles. The van der Waals surface area contributed by atoms with Gasteiger partial charge in [0.1, 0.15) is 22.9 Å². The number of hydrogen-bond donors (Lipinski definition) is 1. The molecule has 0 aliphatic heterocycles. The molecule has 1 aliphatic rings. The lowest BCUT2D eigenvalue weighted by molar-refractivity contribution is 0.0933. The van der Waals surface area contributed by atoms with Gasteiger partial charge in [0.15, 0.2) is 0 Å². The summed E-state index contributed by atoms with van der Waals surface area (Å²) in [5.74, 6) is 1.68. The Balaban J connectivity index is 1.78. The van der Waals surface area contributed by atoms with Crippen molar-refractivity contribution in [3.8, 4) is 39.6 Å². The Morgan fingerprint density at radius 1 is 1.03 bits per heavy atom. The van der Waals surface area contributed by atoms with Gasteiger partial charge >= 0.3 is 0 Å². The summed E-state index contributed by atoms with van der Waals surface area (Å²) in [6.07, 6.45) is 5.14. The second-order valence-electron chi connectivity index (χ2n) is 9.74. The minimum Gasteiger partial charge on any atom is -0.496 e. The van der Waals surface area contributed by atoms with Crippen molar-refractivity contribution >= 4 is 17.5 Å². The molecule has 1 fully saturated rings. The van der Waals surface area contributed by atoms with E-state index in [1.54, 1.807) is 26.4 Å². The molecule has 1 aromatic heterocycles. The van der Waals surface area contributed by atoms with Gasteiger partial charge < -0.3 is 24.4 Å². The fraction of sp³-hybridized carbons (Fsp3) is 0.400. The summed E-state index contributed by atoms with van der Waals surface area (Å²) in [4.78, 5) is 20.1. The molecule has 202 valence electrons. The average molecular weight is 538 g/mol. The summed E-state index contributed by atoms with van der Waals surface area (Å²) in [5, 5.41) is 3.66. The summed E-state index contributed by atoms with van der Waals surface area (Å²) in [7, 11) is 7.30. The summed E-state index contributed by atoms with van der Waals surface area (Å²) < 4.78 is 17.4. The molecule has 7 nitrogen and oxygen atoms in total. The van der Waals surface area contributed by atoms with E-state index >= 15 is 0 Å². The number of benzene rings is 2.